The van der Waals surface area contributed by atoms with Crippen molar-refractivity contribution in [1.82, 2.24) is 10.2 Å². The molecule has 5 rings (SSSR count). The molecule has 116 valence electrons. The van der Waals surface area contributed by atoms with Gasteiger partial charge in [-0.2, -0.15) is 0 Å². The van der Waals surface area contributed by atoms with Crippen molar-refractivity contribution >= 4 is 38.9 Å². The van der Waals surface area contributed by atoms with Gasteiger partial charge in [-0.25, -0.2) is 4.39 Å². The summed E-state index contributed by atoms with van der Waals surface area (Å²) in [6, 6.07) is 4.63. The Kier molecular flexibility index (Phi) is 3.59. The Labute approximate surface area is 137 Å². The average Bonchev–Trinajstić information content (AvgIpc) is 2.85. The molecule has 3 saturated heterocycles. The number of hydrogen-bond acceptors (Lipinski definition) is 3. The average molecular weight is 339 g/mol. The van der Waals surface area contributed by atoms with Gasteiger partial charge in [0.05, 0.1) is 5.02 Å². The summed E-state index contributed by atoms with van der Waals surface area (Å²) in [4.78, 5) is 15.4. The van der Waals surface area contributed by atoms with Crippen molar-refractivity contribution in [1.29, 1.82) is 0 Å². The zero-order chi connectivity index (χ0) is 15.3. The van der Waals surface area contributed by atoms with Crippen molar-refractivity contribution in [3.63, 3.8) is 0 Å². The standard InChI is InChI=1S/C16H16ClFN2OS/c17-14-11-2-1-10(18)7-13(11)22-15(14)16(21)19-12-8-20-5-3-9(12)4-6-20/h1-2,7,9,12H,3-6,8H2,(H,19,21)/t12-/m0/s1. The third-order valence-corrected chi connectivity index (χ3v) is 6.43. The van der Waals surface area contributed by atoms with Gasteiger partial charge in [-0.1, -0.05) is 11.6 Å². The smallest absolute Gasteiger partial charge is 0.263 e. The van der Waals surface area contributed by atoms with Crippen LogP contribution in [0.5, 0.6) is 0 Å². The first kappa shape index (κ1) is 14.4. The monoisotopic (exact) mass is 338 g/mol. The Morgan fingerprint density at radius 3 is 2.82 bits per heavy atom. The van der Waals surface area contributed by atoms with E-state index in [0.29, 0.717) is 20.5 Å². The molecule has 2 bridgehead atoms. The van der Waals surface area contributed by atoms with E-state index in [4.69, 9.17) is 11.6 Å². The largest absolute Gasteiger partial charge is 0.347 e. The molecule has 0 saturated carbocycles. The highest BCUT2D eigenvalue weighted by atomic mass is 35.5. The number of carbonyl (C=O) groups excluding carboxylic acids is 1. The zero-order valence-corrected chi connectivity index (χ0v) is 13.5. The van der Waals surface area contributed by atoms with Crippen LogP contribution < -0.4 is 5.32 Å². The van der Waals surface area contributed by atoms with Gasteiger partial charge in [0.25, 0.3) is 5.91 Å². The molecule has 1 aromatic heterocycles. The number of nitrogens with one attached hydrogen (secondary N) is 1. The van der Waals surface area contributed by atoms with Crippen LogP contribution in [0.15, 0.2) is 18.2 Å². The van der Waals surface area contributed by atoms with Gasteiger partial charge in [-0.3, -0.25) is 4.79 Å². The summed E-state index contributed by atoms with van der Waals surface area (Å²) >= 11 is 7.57. The van der Waals surface area contributed by atoms with Gasteiger partial charge in [0.15, 0.2) is 0 Å². The van der Waals surface area contributed by atoms with E-state index in [1.165, 1.54) is 23.5 Å². The van der Waals surface area contributed by atoms with Crippen molar-refractivity contribution in [3.8, 4) is 0 Å². The van der Waals surface area contributed by atoms with Crippen LogP contribution in [0, 0.1) is 11.7 Å². The fraction of sp³-hybridized carbons (Fsp3) is 0.438. The molecule has 0 radical (unpaired) electrons. The first-order chi connectivity index (χ1) is 10.6. The zero-order valence-electron chi connectivity index (χ0n) is 11.9. The Bertz CT molecular complexity index is 739. The van der Waals surface area contributed by atoms with Gasteiger partial charge < -0.3 is 10.2 Å². The second-order valence-electron chi connectivity index (χ2n) is 6.10. The van der Waals surface area contributed by atoms with Crippen LogP contribution >= 0.6 is 22.9 Å². The summed E-state index contributed by atoms with van der Waals surface area (Å²) in [6.07, 6.45) is 2.30. The molecular formula is C16H16ClFN2OS. The van der Waals surface area contributed by atoms with E-state index in [-0.39, 0.29) is 17.8 Å². The van der Waals surface area contributed by atoms with Crippen LogP contribution in [0.4, 0.5) is 4.39 Å². The molecule has 2 aromatic rings. The minimum Gasteiger partial charge on any atom is -0.347 e. The molecule has 3 nitrogen and oxygen atoms in total. The summed E-state index contributed by atoms with van der Waals surface area (Å²) in [5.41, 5.74) is 0. The number of piperidine rings is 3. The van der Waals surface area contributed by atoms with E-state index in [1.807, 2.05) is 0 Å². The van der Waals surface area contributed by atoms with Crippen LogP contribution in [-0.4, -0.2) is 36.5 Å². The number of halogens is 2. The van der Waals surface area contributed by atoms with E-state index in [9.17, 15) is 9.18 Å². The Morgan fingerprint density at radius 2 is 2.14 bits per heavy atom. The molecule has 1 N–H and O–H groups in total. The number of fused-ring (bicyclic) bond motifs is 4. The molecule has 0 aliphatic carbocycles. The predicted molar refractivity (Wildman–Crippen MR) is 87.2 cm³/mol. The summed E-state index contributed by atoms with van der Waals surface area (Å²) in [5, 5.41) is 4.31. The van der Waals surface area contributed by atoms with Crippen molar-refractivity contribution in [2.45, 2.75) is 18.9 Å². The lowest BCUT2D eigenvalue weighted by Gasteiger charge is -2.44. The normalized spacial score (nSPS) is 27.3. The Morgan fingerprint density at radius 1 is 1.36 bits per heavy atom. The van der Waals surface area contributed by atoms with Gasteiger partial charge in [0.2, 0.25) is 0 Å². The van der Waals surface area contributed by atoms with E-state index in [2.05, 4.69) is 10.2 Å². The number of rotatable bonds is 2. The lowest BCUT2D eigenvalue weighted by atomic mass is 9.84. The molecule has 0 unspecified atom stereocenters. The number of nitrogens with zero attached hydrogens (tertiary/aromatic N) is 1. The van der Waals surface area contributed by atoms with Gasteiger partial charge >= 0.3 is 0 Å². The van der Waals surface area contributed by atoms with Gasteiger partial charge in [-0.05, 0) is 50.0 Å². The molecule has 22 heavy (non-hydrogen) atoms. The van der Waals surface area contributed by atoms with E-state index in [1.54, 1.807) is 6.07 Å². The minimum atomic E-state index is -0.310. The van der Waals surface area contributed by atoms with Crippen molar-refractivity contribution in [2.24, 2.45) is 5.92 Å². The summed E-state index contributed by atoms with van der Waals surface area (Å²) < 4.78 is 14.0. The predicted octanol–water partition coefficient (Wildman–Crippen LogP) is 3.52. The summed E-state index contributed by atoms with van der Waals surface area (Å²) in [6.45, 7) is 3.20. The second kappa shape index (κ2) is 5.48. The first-order valence-electron chi connectivity index (χ1n) is 7.52. The molecule has 0 spiro atoms. The summed E-state index contributed by atoms with van der Waals surface area (Å²) in [5.74, 6) is 0.125. The molecule has 4 heterocycles. The van der Waals surface area contributed by atoms with Crippen molar-refractivity contribution < 1.29 is 9.18 Å². The fourth-order valence-electron chi connectivity index (χ4n) is 3.55. The maximum absolute atomic E-state index is 13.3. The Balaban J connectivity index is 1.59. The SMILES string of the molecule is O=C(N[C@H]1CN2CCC1CC2)c1sc2cc(F)ccc2c1Cl. The minimum absolute atomic E-state index is 0.134. The molecule has 6 heteroatoms. The molecule has 1 amide bonds. The van der Waals surface area contributed by atoms with Gasteiger partial charge in [0, 0.05) is 22.7 Å². The quantitative estimate of drug-likeness (QED) is 0.908. The van der Waals surface area contributed by atoms with E-state index in [0.717, 1.165) is 37.9 Å². The van der Waals surface area contributed by atoms with Crippen LogP contribution in [0.25, 0.3) is 10.1 Å². The van der Waals surface area contributed by atoms with Crippen LogP contribution in [0.2, 0.25) is 5.02 Å². The van der Waals surface area contributed by atoms with Crippen molar-refractivity contribution in [2.75, 3.05) is 19.6 Å². The highest BCUT2D eigenvalue weighted by molar-refractivity contribution is 7.21. The molecular weight excluding hydrogens is 323 g/mol. The second-order valence-corrected chi connectivity index (χ2v) is 7.53. The van der Waals surface area contributed by atoms with Gasteiger partial charge in [0.1, 0.15) is 10.7 Å². The number of benzene rings is 1. The lowest BCUT2D eigenvalue weighted by molar-refractivity contribution is 0.0623. The lowest BCUT2D eigenvalue weighted by Crippen LogP contribution is -2.57. The van der Waals surface area contributed by atoms with Crippen LogP contribution in [0.1, 0.15) is 22.5 Å². The molecule has 1 atom stereocenters. The fourth-order valence-corrected chi connectivity index (χ4v) is 4.99. The molecule has 1 aromatic carbocycles. The van der Waals surface area contributed by atoms with E-state index >= 15 is 0 Å². The number of thiophene rings is 1. The third kappa shape index (κ3) is 2.41. The molecule has 3 aliphatic rings. The Hall–Kier alpha value is -1.17. The summed E-state index contributed by atoms with van der Waals surface area (Å²) in [7, 11) is 0. The number of carbonyl (C=O) groups is 1. The first-order valence-corrected chi connectivity index (χ1v) is 8.72. The molecule has 3 aliphatic heterocycles. The maximum Gasteiger partial charge on any atom is 0.263 e. The third-order valence-electron chi connectivity index (χ3n) is 4.77. The van der Waals surface area contributed by atoms with Crippen LogP contribution in [0.3, 0.4) is 0 Å². The topological polar surface area (TPSA) is 32.3 Å². The van der Waals surface area contributed by atoms with Gasteiger partial charge in [-0.15, -0.1) is 11.3 Å². The maximum atomic E-state index is 13.3. The highest BCUT2D eigenvalue weighted by Gasteiger charge is 2.35. The number of hydrogen-bond donors (Lipinski definition) is 1. The highest BCUT2D eigenvalue weighted by Crippen LogP contribution is 2.36. The van der Waals surface area contributed by atoms with Crippen LogP contribution in [-0.2, 0) is 0 Å². The number of amides is 1. The van der Waals surface area contributed by atoms with Crippen molar-refractivity contribution in [3.05, 3.63) is 33.9 Å². The van der Waals surface area contributed by atoms with E-state index < -0.39 is 0 Å². The molecule has 3 fully saturated rings.